The number of fused-ring (bicyclic) bond motifs is 1. The third kappa shape index (κ3) is 4.90. The summed E-state index contributed by atoms with van der Waals surface area (Å²) in [5.41, 5.74) is 4.57. The lowest BCUT2D eigenvalue weighted by molar-refractivity contribution is -0.117. The van der Waals surface area contributed by atoms with Crippen molar-refractivity contribution in [1.82, 2.24) is 9.47 Å². The van der Waals surface area contributed by atoms with Crippen molar-refractivity contribution in [2.24, 2.45) is 5.92 Å². The number of aliphatic hydroxyl groups is 1. The van der Waals surface area contributed by atoms with E-state index in [-0.39, 0.29) is 12.0 Å². The number of hydrogen-bond donors (Lipinski definition) is 2. The van der Waals surface area contributed by atoms with E-state index in [2.05, 4.69) is 22.0 Å². The highest BCUT2D eigenvalue weighted by atomic mass is 16.6. The van der Waals surface area contributed by atoms with E-state index >= 15 is 0 Å². The molecule has 7 nitrogen and oxygen atoms in total. The summed E-state index contributed by atoms with van der Waals surface area (Å²) in [6, 6.07) is 14.8. The molecule has 2 atom stereocenters. The van der Waals surface area contributed by atoms with Gasteiger partial charge in [-0.25, -0.2) is 0 Å². The van der Waals surface area contributed by atoms with E-state index in [1.165, 1.54) is 19.3 Å². The van der Waals surface area contributed by atoms with Gasteiger partial charge in [-0.2, -0.15) is 0 Å². The molecule has 3 aliphatic rings. The molecule has 3 saturated carbocycles. The molecule has 0 spiro atoms. The van der Waals surface area contributed by atoms with Crippen LogP contribution in [0.25, 0.3) is 22.2 Å². The van der Waals surface area contributed by atoms with Gasteiger partial charge in [0.2, 0.25) is 6.41 Å². The van der Waals surface area contributed by atoms with Crippen LogP contribution in [0.1, 0.15) is 75.2 Å². The first kappa shape index (κ1) is 25.3. The van der Waals surface area contributed by atoms with Crippen molar-refractivity contribution in [2.45, 2.75) is 83.4 Å². The van der Waals surface area contributed by atoms with Gasteiger partial charge in [-0.15, -0.1) is 0 Å². The Labute approximate surface area is 224 Å². The topological polar surface area (TPSA) is 76.0 Å². The first-order valence-electron chi connectivity index (χ1n) is 14.2. The van der Waals surface area contributed by atoms with Crippen molar-refractivity contribution in [1.29, 1.82) is 0 Å². The molecule has 1 aromatic heterocycles. The molecule has 202 valence electrons. The van der Waals surface area contributed by atoms with Crippen molar-refractivity contribution in [2.75, 3.05) is 19.0 Å². The van der Waals surface area contributed by atoms with Gasteiger partial charge in [-0.05, 0) is 94.5 Å². The molecule has 7 heteroatoms. The minimum Gasteiger partial charge on any atom is -0.494 e. The molecule has 3 aromatic rings. The van der Waals surface area contributed by atoms with E-state index in [1.54, 1.807) is 0 Å². The molecule has 0 saturated heterocycles. The monoisotopic (exact) mass is 517 g/mol. The fraction of sp³-hybridized carbons (Fsp3) is 0.516. The Kier molecular flexibility index (Phi) is 6.82. The van der Waals surface area contributed by atoms with Crippen molar-refractivity contribution in [3.63, 3.8) is 0 Å². The van der Waals surface area contributed by atoms with Crippen LogP contribution < -0.4 is 10.1 Å². The quantitative estimate of drug-likeness (QED) is 0.298. The molecule has 2 unspecified atom stereocenters. The molecule has 2 N–H and O–H groups in total. The summed E-state index contributed by atoms with van der Waals surface area (Å²) in [5, 5.41) is 14.4. The van der Waals surface area contributed by atoms with Crippen LogP contribution in [0.3, 0.4) is 0 Å². The van der Waals surface area contributed by atoms with E-state index in [0.29, 0.717) is 24.6 Å². The molecule has 0 aliphatic heterocycles. The maximum Gasteiger partial charge on any atom is 0.256 e. The lowest BCUT2D eigenvalue weighted by Crippen LogP contribution is -2.29. The van der Waals surface area contributed by atoms with Crippen molar-refractivity contribution >= 4 is 22.5 Å². The summed E-state index contributed by atoms with van der Waals surface area (Å²) in [6.45, 7) is 4.60. The van der Waals surface area contributed by atoms with Crippen LogP contribution in [0.2, 0.25) is 0 Å². The van der Waals surface area contributed by atoms with Gasteiger partial charge in [0.15, 0.2) is 0 Å². The van der Waals surface area contributed by atoms with Crippen LogP contribution >= 0.6 is 0 Å². The lowest BCUT2D eigenvalue weighted by atomic mass is 9.92. The second-order valence-corrected chi connectivity index (χ2v) is 11.2. The van der Waals surface area contributed by atoms with Crippen LogP contribution in [0.5, 0.6) is 5.75 Å². The molecule has 6 rings (SSSR count). The van der Waals surface area contributed by atoms with Crippen molar-refractivity contribution < 1.29 is 19.4 Å². The Balaban J connectivity index is 1.39. The van der Waals surface area contributed by atoms with E-state index in [4.69, 9.17) is 9.47 Å². The number of benzene rings is 2. The van der Waals surface area contributed by atoms with E-state index in [1.807, 2.05) is 56.1 Å². The normalized spacial score (nSPS) is 19.2. The number of aliphatic hydroxyl groups excluding tert-OH is 1. The van der Waals surface area contributed by atoms with Crippen LogP contribution in [0, 0.1) is 5.92 Å². The fourth-order valence-corrected chi connectivity index (χ4v) is 5.66. The van der Waals surface area contributed by atoms with Gasteiger partial charge >= 0.3 is 0 Å². The molecular formula is C31H39N3O4. The Morgan fingerprint density at radius 3 is 2.45 bits per heavy atom. The number of carbonyl (C=O) groups excluding carboxylic acids is 1. The maximum atomic E-state index is 14.0. The summed E-state index contributed by atoms with van der Waals surface area (Å²) >= 11 is 0. The standard InChI is InChI=1S/C31H39N3O4/c1-4-37-25-16-17-26-27(18-25)34(24-6-5-7-24)29(28(26)30(35)33(3)23-14-15-23)21-10-12-22(13-11-21)32-31(36)38-19(2)20-8-9-20/h10-13,16-20,23-24,31-32,36H,4-9,14-15H2,1-3H3. The second-order valence-electron chi connectivity index (χ2n) is 11.2. The zero-order valence-corrected chi connectivity index (χ0v) is 22.7. The van der Waals surface area contributed by atoms with Crippen LogP contribution in [-0.4, -0.2) is 52.7 Å². The van der Waals surface area contributed by atoms with Gasteiger partial charge in [-0.1, -0.05) is 12.1 Å². The van der Waals surface area contributed by atoms with Gasteiger partial charge in [0, 0.05) is 36.3 Å². The van der Waals surface area contributed by atoms with Gasteiger partial charge < -0.3 is 29.4 Å². The Bertz CT molecular complexity index is 1300. The van der Waals surface area contributed by atoms with Crippen LogP contribution in [0.4, 0.5) is 5.69 Å². The Morgan fingerprint density at radius 2 is 1.84 bits per heavy atom. The smallest absolute Gasteiger partial charge is 0.256 e. The predicted octanol–water partition coefficient (Wildman–Crippen LogP) is 6.17. The Hall–Kier alpha value is -3.03. The van der Waals surface area contributed by atoms with E-state index < -0.39 is 6.41 Å². The summed E-state index contributed by atoms with van der Waals surface area (Å²) in [5.74, 6) is 1.46. The van der Waals surface area contributed by atoms with Gasteiger partial charge in [0.05, 0.1) is 29.5 Å². The summed E-state index contributed by atoms with van der Waals surface area (Å²) < 4.78 is 14.0. The number of carbonyl (C=O) groups is 1. The molecule has 1 heterocycles. The van der Waals surface area contributed by atoms with E-state index in [9.17, 15) is 9.90 Å². The minimum absolute atomic E-state index is 0.0357. The highest BCUT2D eigenvalue weighted by molar-refractivity contribution is 6.13. The average molecular weight is 518 g/mol. The maximum absolute atomic E-state index is 14.0. The molecule has 38 heavy (non-hydrogen) atoms. The molecule has 3 fully saturated rings. The number of hydrogen-bond acceptors (Lipinski definition) is 5. The first-order chi connectivity index (χ1) is 18.4. The second kappa shape index (κ2) is 10.3. The lowest BCUT2D eigenvalue weighted by Gasteiger charge is -2.30. The zero-order valence-electron chi connectivity index (χ0n) is 22.7. The number of ether oxygens (including phenoxy) is 2. The molecule has 3 aliphatic carbocycles. The first-order valence-corrected chi connectivity index (χ1v) is 14.2. The number of anilines is 1. The minimum atomic E-state index is -1.06. The molecule has 2 aromatic carbocycles. The highest BCUT2D eigenvalue weighted by Crippen LogP contribution is 2.44. The van der Waals surface area contributed by atoms with Crippen molar-refractivity contribution in [3.05, 3.63) is 48.0 Å². The van der Waals surface area contributed by atoms with Crippen molar-refractivity contribution in [3.8, 4) is 17.0 Å². The molecular weight excluding hydrogens is 478 g/mol. The number of nitrogens with zero attached hydrogens (tertiary/aromatic N) is 2. The number of aromatic nitrogens is 1. The summed E-state index contributed by atoms with van der Waals surface area (Å²) in [4.78, 5) is 15.9. The van der Waals surface area contributed by atoms with Crippen LogP contribution in [-0.2, 0) is 4.74 Å². The third-order valence-electron chi connectivity index (χ3n) is 8.43. The van der Waals surface area contributed by atoms with Gasteiger partial charge in [0.25, 0.3) is 5.91 Å². The van der Waals surface area contributed by atoms with Gasteiger partial charge in [0.1, 0.15) is 5.75 Å². The summed E-state index contributed by atoms with van der Waals surface area (Å²) in [7, 11) is 1.93. The SMILES string of the molecule is CCOc1ccc2c(C(=O)N(C)C3CC3)c(-c3ccc(NC(O)OC(C)C4CC4)cc3)n(C3CCC3)c2c1. The largest absolute Gasteiger partial charge is 0.494 e. The van der Waals surface area contributed by atoms with E-state index in [0.717, 1.165) is 64.8 Å². The molecule has 0 radical (unpaired) electrons. The third-order valence-corrected chi connectivity index (χ3v) is 8.43. The number of amides is 1. The average Bonchev–Trinajstić information content (AvgIpc) is 3.79. The summed E-state index contributed by atoms with van der Waals surface area (Å²) in [6.07, 6.45) is 6.85. The molecule has 0 bridgehead atoms. The molecule has 1 amide bonds. The Morgan fingerprint density at radius 1 is 1.11 bits per heavy atom. The van der Waals surface area contributed by atoms with Crippen LogP contribution in [0.15, 0.2) is 42.5 Å². The highest BCUT2D eigenvalue weighted by Gasteiger charge is 2.36. The zero-order chi connectivity index (χ0) is 26.4. The fourth-order valence-electron chi connectivity index (χ4n) is 5.66. The predicted molar refractivity (Wildman–Crippen MR) is 149 cm³/mol. The number of rotatable bonds is 11. The number of nitrogens with one attached hydrogen (secondary N) is 1. The van der Waals surface area contributed by atoms with Gasteiger partial charge in [-0.3, -0.25) is 4.79 Å².